The molecule has 1 amide bonds. The molecule has 0 saturated carbocycles. The molecule has 0 spiro atoms. The molecule has 4 nitrogen and oxygen atoms in total. The van der Waals surface area contributed by atoms with Crippen LogP contribution in [0.3, 0.4) is 0 Å². The Balaban J connectivity index is 1.61. The van der Waals surface area contributed by atoms with E-state index >= 15 is 0 Å². The smallest absolute Gasteiger partial charge is 0.292 e. The first-order valence-corrected chi connectivity index (χ1v) is 9.69. The van der Waals surface area contributed by atoms with Crippen LogP contribution in [0.4, 0.5) is 0 Å². The number of nitrogens with one attached hydrogen (secondary N) is 1. The molecule has 0 atom stereocenters. The SMILES string of the molecule is O=C(NCc1ccccc1)C(=O)c1cn(Cc2ccccc2Cl)c2ccccc12. The molecule has 0 aliphatic carbocycles. The van der Waals surface area contributed by atoms with Crippen LogP contribution in [0.1, 0.15) is 21.5 Å². The summed E-state index contributed by atoms with van der Waals surface area (Å²) >= 11 is 6.30. The maximum atomic E-state index is 12.9. The molecular formula is C24H19ClN2O2. The lowest BCUT2D eigenvalue weighted by Gasteiger charge is -2.07. The molecule has 0 unspecified atom stereocenters. The number of nitrogens with zero attached hydrogens (tertiary/aromatic N) is 1. The number of halogens is 1. The van der Waals surface area contributed by atoms with Crippen molar-refractivity contribution >= 4 is 34.2 Å². The average molecular weight is 403 g/mol. The fourth-order valence-corrected chi connectivity index (χ4v) is 3.54. The lowest BCUT2D eigenvalue weighted by molar-refractivity contribution is -0.117. The van der Waals surface area contributed by atoms with Crippen LogP contribution in [-0.4, -0.2) is 16.3 Å². The van der Waals surface area contributed by atoms with E-state index in [1.807, 2.05) is 83.4 Å². The molecule has 0 aliphatic heterocycles. The number of hydrogen-bond acceptors (Lipinski definition) is 2. The van der Waals surface area contributed by atoms with Crippen LogP contribution in [-0.2, 0) is 17.9 Å². The highest BCUT2D eigenvalue weighted by Gasteiger charge is 2.21. The van der Waals surface area contributed by atoms with Gasteiger partial charge in [-0.2, -0.15) is 0 Å². The third kappa shape index (κ3) is 4.08. The third-order valence-corrected chi connectivity index (χ3v) is 5.20. The molecule has 0 fully saturated rings. The summed E-state index contributed by atoms with van der Waals surface area (Å²) in [7, 11) is 0. The molecule has 144 valence electrons. The normalized spacial score (nSPS) is 10.8. The van der Waals surface area contributed by atoms with Crippen LogP contribution in [0.5, 0.6) is 0 Å². The Hall–Kier alpha value is -3.37. The third-order valence-electron chi connectivity index (χ3n) is 4.83. The second-order valence-corrected chi connectivity index (χ2v) is 7.18. The summed E-state index contributed by atoms with van der Waals surface area (Å²) in [5.41, 5.74) is 3.15. The predicted molar refractivity (Wildman–Crippen MR) is 115 cm³/mol. The van der Waals surface area contributed by atoms with Crippen molar-refractivity contribution in [2.45, 2.75) is 13.1 Å². The zero-order valence-electron chi connectivity index (χ0n) is 15.6. The largest absolute Gasteiger partial charge is 0.345 e. The molecule has 0 bridgehead atoms. The van der Waals surface area contributed by atoms with Gasteiger partial charge in [-0.25, -0.2) is 0 Å². The Labute approximate surface area is 173 Å². The van der Waals surface area contributed by atoms with Gasteiger partial charge in [0.15, 0.2) is 0 Å². The predicted octanol–water partition coefficient (Wildman–Crippen LogP) is 4.84. The molecule has 0 radical (unpaired) electrons. The lowest BCUT2D eigenvalue weighted by atomic mass is 10.1. The van der Waals surface area contributed by atoms with E-state index in [0.717, 1.165) is 22.0 Å². The molecule has 1 heterocycles. The Kier molecular flexibility index (Phi) is 5.45. The maximum Gasteiger partial charge on any atom is 0.292 e. The van der Waals surface area contributed by atoms with Gasteiger partial charge < -0.3 is 9.88 Å². The van der Waals surface area contributed by atoms with Gasteiger partial charge in [-0.15, -0.1) is 0 Å². The zero-order chi connectivity index (χ0) is 20.2. The molecule has 3 aromatic carbocycles. The van der Waals surface area contributed by atoms with E-state index in [1.165, 1.54) is 0 Å². The Morgan fingerprint density at radius 1 is 0.862 bits per heavy atom. The average Bonchev–Trinajstić information content (AvgIpc) is 3.12. The number of amides is 1. The van der Waals surface area contributed by atoms with E-state index in [4.69, 9.17) is 11.6 Å². The highest BCUT2D eigenvalue weighted by molar-refractivity contribution is 6.45. The highest BCUT2D eigenvalue weighted by atomic mass is 35.5. The van der Waals surface area contributed by atoms with Gasteiger partial charge >= 0.3 is 0 Å². The fourth-order valence-electron chi connectivity index (χ4n) is 3.35. The quantitative estimate of drug-likeness (QED) is 0.370. The van der Waals surface area contributed by atoms with Crippen molar-refractivity contribution in [2.24, 2.45) is 0 Å². The minimum Gasteiger partial charge on any atom is -0.345 e. The Bertz CT molecular complexity index is 1180. The van der Waals surface area contributed by atoms with Crippen molar-refractivity contribution in [3.8, 4) is 0 Å². The summed E-state index contributed by atoms with van der Waals surface area (Å²) in [6, 6.07) is 24.7. The van der Waals surface area contributed by atoms with Crippen molar-refractivity contribution in [3.05, 3.63) is 107 Å². The van der Waals surface area contributed by atoms with Crippen molar-refractivity contribution in [3.63, 3.8) is 0 Å². The summed E-state index contributed by atoms with van der Waals surface area (Å²) in [4.78, 5) is 25.4. The molecular weight excluding hydrogens is 384 g/mol. The van der Waals surface area contributed by atoms with Gasteiger partial charge in [-0.1, -0.05) is 78.3 Å². The van der Waals surface area contributed by atoms with E-state index in [2.05, 4.69) is 5.32 Å². The van der Waals surface area contributed by atoms with Gasteiger partial charge in [0.1, 0.15) is 0 Å². The van der Waals surface area contributed by atoms with Gasteiger partial charge in [0.05, 0.1) is 5.56 Å². The molecule has 4 rings (SSSR count). The minimum atomic E-state index is -0.616. The van der Waals surface area contributed by atoms with Crippen LogP contribution in [0, 0.1) is 0 Å². The standard InChI is InChI=1S/C24H19ClN2O2/c25-21-12-6-4-10-18(21)15-27-16-20(19-11-5-7-13-22(19)27)23(28)24(29)26-14-17-8-2-1-3-9-17/h1-13,16H,14-15H2,(H,26,29). The monoisotopic (exact) mass is 402 g/mol. The van der Waals surface area contributed by atoms with Crippen LogP contribution < -0.4 is 5.32 Å². The van der Waals surface area contributed by atoms with Crippen LogP contribution in [0.15, 0.2) is 85.1 Å². The number of para-hydroxylation sites is 1. The number of ketones is 1. The number of carbonyl (C=O) groups is 2. The number of Topliss-reactive ketones (excluding diaryl/α,β-unsaturated/α-hetero) is 1. The van der Waals surface area contributed by atoms with Crippen LogP contribution in [0.25, 0.3) is 10.9 Å². The number of fused-ring (bicyclic) bond motifs is 1. The van der Waals surface area contributed by atoms with Gasteiger partial charge in [0, 0.05) is 35.2 Å². The molecule has 29 heavy (non-hydrogen) atoms. The number of rotatable bonds is 6. The van der Waals surface area contributed by atoms with E-state index in [1.54, 1.807) is 6.20 Å². The molecule has 0 saturated heterocycles. The molecule has 0 aliphatic rings. The summed E-state index contributed by atoms with van der Waals surface area (Å²) in [6.45, 7) is 0.822. The van der Waals surface area contributed by atoms with Gasteiger partial charge in [-0.05, 0) is 23.3 Å². The Morgan fingerprint density at radius 2 is 1.55 bits per heavy atom. The first-order valence-electron chi connectivity index (χ1n) is 9.31. The van der Waals surface area contributed by atoms with Gasteiger partial charge in [0.2, 0.25) is 0 Å². The highest BCUT2D eigenvalue weighted by Crippen LogP contribution is 2.25. The molecule has 1 N–H and O–H groups in total. The number of aromatic nitrogens is 1. The van der Waals surface area contributed by atoms with Crippen LogP contribution >= 0.6 is 11.6 Å². The van der Waals surface area contributed by atoms with Crippen molar-refractivity contribution < 1.29 is 9.59 Å². The van der Waals surface area contributed by atoms with E-state index < -0.39 is 11.7 Å². The number of hydrogen-bond donors (Lipinski definition) is 1. The first kappa shape index (κ1) is 19.0. The summed E-state index contributed by atoms with van der Waals surface area (Å²) in [6.07, 6.45) is 1.73. The van der Waals surface area contributed by atoms with Crippen molar-refractivity contribution in [1.29, 1.82) is 0 Å². The summed E-state index contributed by atoms with van der Waals surface area (Å²) in [5.74, 6) is -1.16. The maximum absolute atomic E-state index is 12.9. The van der Waals surface area contributed by atoms with E-state index in [0.29, 0.717) is 23.7 Å². The first-order chi connectivity index (χ1) is 14.1. The number of benzene rings is 3. The number of carbonyl (C=O) groups excluding carboxylic acids is 2. The van der Waals surface area contributed by atoms with Crippen molar-refractivity contribution in [1.82, 2.24) is 9.88 Å². The second-order valence-electron chi connectivity index (χ2n) is 6.78. The fraction of sp³-hybridized carbons (Fsp3) is 0.0833. The topological polar surface area (TPSA) is 51.1 Å². The van der Waals surface area contributed by atoms with E-state index in [-0.39, 0.29) is 0 Å². The lowest BCUT2D eigenvalue weighted by Crippen LogP contribution is -2.30. The summed E-state index contributed by atoms with van der Waals surface area (Å²) < 4.78 is 1.95. The molecule has 4 aromatic rings. The van der Waals surface area contributed by atoms with E-state index in [9.17, 15) is 9.59 Å². The van der Waals surface area contributed by atoms with Crippen LogP contribution in [0.2, 0.25) is 5.02 Å². The zero-order valence-corrected chi connectivity index (χ0v) is 16.4. The van der Waals surface area contributed by atoms with Crippen molar-refractivity contribution in [2.75, 3.05) is 0 Å². The molecule has 1 aromatic heterocycles. The summed E-state index contributed by atoms with van der Waals surface area (Å²) in [5, 5.41) is 4.13. The molecule has 5 heteroatoms. The second kappa shape index (κ2) is 8.33. The minimum absolute atomic E-state index is 0.309. The Morgan fingerprint density at radius 3 is 2.34 bits per heavy atom. The van der Waals surface area contributed by atoms with Gasteiger partial charge in [-0.3, -0.25) is 9.59 Å². The van der Waals surface area contributed by atoms with Gasteiger partial charge in [0.25, 0.3) is 11.7 Å².